The van der Waals surface area contributed by atoms with E-state index in [4.69, 9.17) is 0 Å². The van der Waals surface area contributed by atoms with E-state index in [9.17, 15) is 14.4 Å². The number of urea groups is 1. The second kappa shape index (κ2) is 4.60. The molecular formula is C13H14N2O3. The van der Waals surface area contributed by atoms with Crippen LogP contribution in [-0.2, 0) is 15.1 Å². The highest BCUT2D eigenvalue weighted by Gasteiger charge is 2.47. The van der Waals surface area contributed by atoms with Crippen molar-refractivity contribution in [3.8, 4) is 0 Å². The number of hydrogen-bond acceptors (Lipinski definition) is 3. The van der Waals surface area contributed by atoms with Gasteiger partial charge in [-0.25, -0.2) is 4.79 Å². The Balaban J connectivity index is 2.37. The number of amides is 3. The van der Waals surface area contributed by atoms with Crippen molar-refractivity contribution in [3.63, 3.8) is 0 Å². The number of imide groups is 1. The molecule has 1 aromatic rings. The summed E-state index contributed by atoms with van der Waals surface area (Å²) < 4.78 is 0. The Kier molecular flexibility index (Phi) is 3.14. The number of benzene rings is 1. The summed E-state index contributed by atoms with van der Waals surface area (Å²) in [6, 6.07) is 8.44. The molecule has 1 fully saturated rings. The number of carbonyl (C=O) groups is 3. The molecule has 2 rings (SSSR count). The lowest BCUT2D eigenvalue weighted by Gasteiger charge is -2.26. The van der Waals surface area contributed by atoms with Gasteiger partial charge in [-0.15, -0.1) is 0 Å². The Hall–Kier alpha value is -2.17. The van der Waals surface area contributed by atoms with Crippen LogP contribution in [0.15, 0.2) is 30.3 Å². The molecule has 94 valence electrons. The molecule has 0 saturated carbocycles. The molecule has 1 aromatic carbocycles. The van der Waals surface area contributed by atoms with Gasteiger partial charge in [0.25, 0.3) is 5.91 Å². The van der Waals surface area contributed by atoms with Gasteiger partial charge in [-0.1, -0.05) is 30.3 Å². The predicted molar refractivity (Wildman–Crippen MR) is 64.7 cm³/mol. The maximum atomic E-state index is 12.0. The van der Waals surface area contributed by atoms with Crippen molar-refractivity contribution >= 4 is 17.7 Å². The standard InChI is InChI=1S/C13H14N2O3/c1-9(16)7-8-13(10-5-3-2-4-6-10)11(17)14-12(18)15-13/h2-6H,7-8H2,1H3,(H2,14,15,17,18)/t13-/m1/s1. The molecule has 0 radical (unpaired) electrons. The van der Waals surface area contributed by atoms with E-state index in [1.165, 1.54) is 6.92 Å². The molecule has 1 aliphatic heterocycles. The van der Waals surface area contributed by atoms with Gasteiger partial charge in [-0.05, 0) is 18.9 Å². The van der Waals surface area contributed by atoms with Crippen molar-refractivity contribution in [1.82, 2.24) is 10.6 Å². The molecule has 2 N–H and O–H groups in total. The van der Waals surface area contributed by atoms with Crippen LogP contribution in [0, 0.1) is 0 Å². The van der Waals surface area contributed by atoms with Gasteiger partial charge >= 0.3 is 6.03 Å². The predicted octanol–water partition coefficient (Wildman–Crippen LogP) is 1.09. The molecular weight excluding hydrogens is 232 g/mol. The first-order valence-electron chi connectivity index (χ1n) is 5.73. The van der Waals surface area contributed by atoms with Crippen molar-refractivity contribution < 1.29 is 14.4 Å². The lowest BCUT2D eigenvalue weighted by molar-refractivity contribution is -0.125. The Morgan fingerprint density at radius 3 is 2.39 bits per heavy atom. The largest absolute Gasteiger partial charge is 0.322 e. The molecule has 1 aliphatic rings. The maximum absolute atomic E-state index is 12.0. The first kappa shape index (κ1) is 12.3. The maximum Gasteiger partial charge on any atom is 0.322 e. The zero-order valence-corrected chi connectivity index (χ0v) is 10.0. The molecule has 0 bridgehead atoms. The average Bonchev–Trinajstić information content (AvgIpc) is 2.64. The van der Waals surface area contributed by atoms with E-state index >= 15 is 0 Å². The van der Waals surface area contributed by atoms with Crippen LogP contribution < -0.4 is 10.6 Å². The number of carbonyl (C=O) groups excluding carboxylic acids is 3. The van der Waals surface area contributed by atoms with E-state index < -0.39 is 17.5 Å². The normalized spacial score (nSPS) is 22.5. The highest BCUT2D eigenvalue weighted by Crippen LogP contribution is 2.29. The number of nitrogens with one attached hydrogen (secondary N) is 2. The molecule has 0 spiro atoms. The summed E-state index contributed by atoms with van der Waals surface area (Å²) >= 11 is 0. The van der Waals surface area contributed by atoms with Gasteiger partial charge in [0.2, 0.25) is 0 Å². The summed E-state index contributed by atoms with van der Waals surface area (Å²) in [4.78, 5) is 34.5. The van der Waals surface area contributed by atoms with Gasteiger partial charge in [0.05, 0.1) is 0 Å². The van der Waals surface area contributed by atoms with Gasteiger partial charge in [0, 0.05) is 6.42 Å². The fourth-order valence-corrected chi connectivity index (χ4v) is 2.10. The zero-order chi connectivity index (χ0) is 13.2. The number of Topliss-reactive ketones (excluding diaryl/α,β-unsaturated/α-hetero) is 1. The van der Waals surface area contributed by atoms with Crippen molar-refractivity contribution in [1.29, 1.82) is 0 Å². The lowest BCUT2D eigenvalue weighted by atomic mass is 9.85. The molecule has 0 aliphatic carbocycles. The van der Waals surface area contributed by atoms with E-state index in [0.29, 0.717) is 5.56 Å². The van der Waals surface area contributed by atoms with Crippen molar-refractivity contribution in [2.24, 2.45) is 0 Å². The molecule has 1 atom stereocenters. The minimum absolute atomic E-state index is 0.0146. The fourth-order valence-electron chi connectivity index (χ4n) is 2.10. The molecule has 18 heavy (non-hydrogen) atoms. The average molecular weight is 246 g/mol. The van der Waals surface area contributed by atoms with E-state index in [2.05, 4.69) is 10.6 Å². The molecule has 0 aromatic heterocycles. The molecule has 1 saturated heterocycles. The van der Waals surface area contributed by atoms with Crippen LogP contribution in [0.5, 0.6) is 0 Å². The molecule has 3 amide bonds. The summed E-state index contributed by atoms with van der Waals surface area (Å²) in [6.45, 7) is 1.47. The summed E-state index contributed by atoms with van der Waals surface area (Å²) in [6.07, 6.45) is 0.506. The van der Waals surface area contributed by atoms with Gasteiger partial charge in [-0.3, -0.25) is 10.1 Å². The monoisotopic (exact) mass is 246 g/mol. The highest BCUT2D eigenvalue weighted by molar-refractivity contribution is 6.07. The van der Waals surface area contributed by atoms with Crippen molar-refractivity contribution in [2.45, 2.75) is 25.3 Å². The first-order chi connectivity index (χ1) is 8.54. The Morgan fingerprint density at radius 2 is 1.89 bits per heavy atom. The van der Waals surface area contributed by atoms with Crippen molar-refractivity contribution in [2.75, 3.05) is 0 Å². The summed E-state index contributed by atoms with van der Waals surface area (Å²) in [5, 5.41) is 4.87. The third-order valence-electron chi connectivity index (χ3n) is 3.06. The smallest absolute Gasteiger partial charge is 0.319 e. The van der Waals surface area contributed by atoms with Gasteiger partial charge in [0.1, 0.15) is 11.3 Å². The second-order valence-corrected chi connectivity index (χ2v) is 4.38. The third-order valence-corrected chi connectivity index (χ3v) is 3.06. The SMILES string of the molecule is CC(=O)CC[C@]1(c2ccccc2)NC(=O)NC1=O. The highest BCUT2D eigenvalue weighted by atomic mass is 16.2. The van der Waals surface area contributed by atoms with Gasteiger partial charge in [0.15, 0.2) is 0 Å². The topological polar surface area (TPSA) is 75.3 Å². The van der Waals surface area contributed by atoms with E-state index in [1.54, 1.807) is 24.3 Å². The molecule has 1 heterocycles. The van der Waals surface area contributed by atoms with E-state index in [1.807, 2.05) is 6.07 Å². The van der Waals surface area contributed by atoms with Crippen LogP contribution in [0.25, 0.3) is 0 Å². The van der Waals surface area contributed by atoms with Gasteiger partial charge in [-0.2, -0.15) is 0 Å². The van der Waals surface area contributed by atoms with Crippen molar-refractivity contribution in [3.05, 3.63) is 35.9 Å². The fraction of sp³-hybridized carbons (Fsp3) is 0.308. The second-order valence-electron chi connectivity index (χ2n) is 4.38. The van der Waals surface area contributed by atoms with E-state index in [0.717, 1.165) is 0 Å². The summed E-state index contributed by atoms with van der Waals surface area (Å²) in [5.74, 6) is -0.417. The molecule has 5 heteroatoms. The zero-order valence-electron chi connectivity index (χ0n) is 10.0. The van der Waals surface area contributed by atoms with Crippen LogP contribution >= 0.6 is 0 Å². The number of rotatable bonds is 4. The van der Waals surface area contributed by atoms with Crippen LogP contribution in [0.2, 0.25) is 0 Å². The minimum Gasteiger partial charge on any atom is -0.319 e. The summed E-state index contributed by atoms with van der Waals surface area (Å²) in [7, 11) is 0. The lowest BCUT2D eigenvalue weighted by Crippen LogP contribution is -2.44. The van der Waals surface area contributed by atoms with Crippen LogP contribution in [-0.4, -0.2) is 17.7 Å². The minimum atomic E-state index is -1.12. The third kappa shape index (κ3) is 2.11. The first-order valence-corrected chi connectivity index (χ1v) is 5.73. The Morgan fingerprint density at radius 1 is 1.22 bits per heavy atom. The van der Waals surface area contributed by atoms with Crippen LogP contribution in [0.1, 0.15) is 25.3 Å². The summed E-state index contributed by atoms with van der Waals surface area (Å²) in [5.41, 5.74) is -0.432. The van der Waals surface area contributed by atoms with Gasteiger partial charge < -0.3 is 10.1 Å². The number of hydrogen-bond donors (Lipinski definition) is 2. The Bertz CT molecular complexity index is 498. The quantitative estimate of drug-likeness (QED) is 0.781. The molecule has 0 unspecified atom stereocenters. The van der Waals surface area contributed by atoms with Crippen LogP contribution in [0.3, 0.4) is 0 Å². The Labute approximate surface area is 105 Å². The van der Waals surface area contributed by atoms with Crippen LogP contribution in [0.4, 0.5) is 4.79 Å². The number of ketones is 1. The molecule has 5 nitrogen and oxygen atoms in total. The van der Waals surface area contributed by atoms with E-state index in [-0.39, 0.29) is 18.6 Å².